The Morgan fingerprint density at radius 1 is 1.50 bits per heavy atom. The van der Waals surface area contributed by atoms with Gasteiger partial charge >= 0.3 is 0 Å². The highest BCUT2D eigenvalue weighted by atomic mass is 35.5. The van der Waals surface area contributed by atoms with E-state index in [1.54, 1.807) is 6.07 Å². The number of hydrogen-bond donors (Lipinski definition) is 1. The molecule has 1 unspecified atom stereocenters. The molecule has 1 aliphatic heterocycles. The van der Waals surface area contributed by atoms with Gasteiger partial charge in [0.25, 0.3) is 5.91 Å². The maximum Gasteiger partial charge on any atom is 0.255 e. The molecule has 0 aliphatic carbocycles. The summed E-state index contributed by atoms with van der Waals surface area (Å²) in [6, 6.07) is 1.57. The lowest BCUT2D eigenvalue weighted by molar-refractivity contribution is 0.0760. The van der Waals surface area contributed by atoms with Gasteiger partial charge in [0.2, 0.25) is 0 Å². The van der Waals surface area contributed by atoms with E-state index in [0.29, 0.717) is 16.4 Å². The summed E-state index contributed by atoms with van der Waals surface area (Å²) in [5.74, 6) is 1.05. The first-order valence-corrected chi connectivity index (χ1v) is 7.70. The Balaban J connectivity index is 2.07. The number of nitrogens with zero attached hydrogens (tertiary/aromatic N) is 2. The van der Waals surface area contributed by atoms with Crippen molar-refractivity contribution >= 4 is 23.3 Å². The fraction of sp³-hybridized carbons (Fsp3) is 0.600. The highest BCUT2D eigenvalue weighted by molar-refractivity contribution is 6.33. The summed E-state index contributed by atoms with van der Waals surface area (Å²) in [5.41, 5.74) is 6.11. The van der Waals surface area contributed by atoms with Crippen LogP contribution >= 0.6 is 11.6 Å². The highest BCUT2D eigenvalue weighted by Crippen LogP contribution is 2.24. The molecule has 110 valence electrons. The molecule has 20 heavy (non-hydrogen) atoms. The van der Waals surface area contributed by atoms with E-state index in [0.717, 1.165) is 31.8 Å². The van der Waals surface area contributed by atoms with Gasteiger partial charge in [-0.3, -0.25) is 4.79 Å². The number of aromatic nitrogens is 1. The molecular weight excluding hydrogens is 274 g/mol. The molecule has 2 rings (SSSR count). The molecule has 1 aliphatic rings. The van der Waals surface area contributed by atoms with Crippen LogP contribution in [-0.2, 0) is 0 Å². The molecule has 1 aromatic rings. The Morgan fingerprint density at radius 2 is 2.30 bits per heavy atom. The molecule has 1 atom stereocenters. The molecule has 0 bridgehead atoms. The molecule has 1 amide bonds. The summed E-state index contributed by atoms with van der Waals surface area (Å²) in [4.78, 5) is 18.3. The second-order valence-corrected chi connectivity index (χ2v) is 5.87. The van der Waals surface area contributed by atoms with E-state index < -0.39 is 0 Å². The van der Waals surface area contributed by atoms with Gasteiger partial charge in [-0.1, -0.05) is 31.4 Å². The minimum Gasteiger partial charge on any atom is -0.384 e. The van der Waals surface area contributed by atoms with E-state index in [1.165, 1.54) is 25.5 Å². The van der Waals surface area contributed by atoms with Crippen molar-refractivity contribution < 1.29 is 4.79 Å². The molecular formula is C15H22ClN3O. The van der Waals surface area contributed by atoms with E-state index >= 15 is 0 Å². The van der Waals surface area contributed by atoms with Crippen molar-refractivity contribution in [1.82, 2.24) is 9.88 Å². The van der Waals surface area contributed by atoms with Crippen LogP contribution in [-0.4, -0.2) is 28.9 Å². The number of amides is 1. The molecule has 5 heteroatoms. The van der Waals surface area contributed by atoms with E-state index in [4.69, 9.17) is 17.3 Å². The van der Waals surface area contributed by atoms with Crippen LogP contribution in [0.2, 0.25) is 5.02 Å². The smallest absolute Gasteiger partial charge is 0.255 e. The van der Waals surface area contributed by atoms with Gasteiger partial charge in [0.05, 0.1) is 10.6 Å². The average Bonchev–Trinajstić information content (AvgIpc) is 2.67. The summed E-state index contributed by atoms with van der Waals surface area (Å²) in [5, 5.41) is 0.374. The predicted molar refractivity (Wildman–Crippen MR) is 81.8 cm³/mol. The molecule has 2 heterocycles. The van der Waals surface area contributed by atoms with Crippen molar-refractivity contribution in [1.29, 1.82) is 0 Å². The van der Waals surface area contributed by atoms with Crippen molar-refractivity contribution in [3.63, 3.8) is 0 Å². The van der Waals surface area contributed by atoms with Gasteiger partial charge in [-0.15, -0.1) is 0 Å². The van der Waals surface area contributed by atoms with Gasteiger partial charge in [-0.25, -0.2) is 4.98 Å². The number of halogens is 1. The van der Waals surface area contributed by atoms with Crippen molar-refractivity contribution in [2.45, 2.75) is 39.0 Å². The molecule has 0 spiro atoms. The van der Waals surface area contributed by atoms with E-state index in [1.807, 2.05) is 4.90 Å². The number of carbonyl (C=O) groups is 1. The van der Waals surface area contributed by atoms with Gasteiger partial charge in [0.1, 0.15) is 5.82 Å². The number of rotatable bonds is 3. The molecule has 0 aromatic carbocycles. The lowest BCUT2D eigenvalue weighted by Crippen LogP contribution is -2.32. The van der Waals surface area contributed by atoms with Crippen LogP contribution in [0.25, 0.3) is 0 Å². The average molecular weight is 296 g/mol. The third-order valence-corrected chi connectivity index (χ3v) is 4.24. The lowest BCUT2D eigenvalue weighted by atomic mass is 9.96. The molecule has 0 saturated carbocycles. The fourth-order valence-corrected chi connectivity index (χ4v) is 3.04. The largest absolute Gasteiger partial charge is 0.384 e. The predicted octanol–water partition coefficient (Wildman–Crippen LogP) is 3.36. The van der Waals surface area contributed by atoms with Crippen LogP contribution in [0.5, 0.6) is 0 Å². The Bertz CT molecular complexity index is 478. The van der Waals surface area contributed by atoms with E-state index in [-0.39, 0.29) is 5.91 Å². The summed E-state index contributed by atoms with van der Waals surface area (Å²) in [7, 11) is 0. The van der Waals surface area contributed by atoms with Crippen LogP contribution in [0.1, 0.15) is 49.4 Å². The van der Waals surface area contributed by atoms with Crippen LogP contribution in [0, 0.1) is 5.92 Å². The minimum absolute atomic E-state index is 0.0266. The number of hydrogen-bond acceptors (Lipinski definition) is 3. The van der Waals surface area contributed by atoms with Crippen molar-refractivity contribution in [3.05, 3.63) is 22.8 Å². The van der Waals surface area contributed by atoms with Crippen LogP contribution in [0.3, 0.4) is 0 Å². The molecule has 4 nitrogen and oxygen atoms in total. The Labute approximate surface area is 125 Å². The first kappa shape index (κ1) is 15.1. The summed E-state index contributed by atoms with van der Waals surface area (Å²) in [6.07, 6.45) is 7.27. The lowest BCUT2D eigenvalue weighted by Gasteiger charge is -2.21. The Hall–Kier alpha value is -1.29. The molecule has 2 N–H and O–H groups in total. The first-order chi connectivity index (χ1) is 9.61. The summed E-state index contributed by atoms with van der Waals surface area (Å²) >= 11 is 6.06. The molecule has 1 aromatic heterocycles. The van der Waals surface area contributed by atoms with Gasteiger partial charge in [0.15, 0.2) is 0 Å². The molecule has 1 saturated heterocycles. The second-order valence-electron chi connectivity index (χ2n) is 5.47. The number of anilines is 1. The van der Waals surface area contributed by atoms with E-state index in [2.05, 4.69) is 11.9 Å². The van der Waals surface area contributed by atoms with Gasteiger partial charge in [-0.2, -0.15) is 0 Å². The third-order valence-electron chi connectivity index (χ3n) is 3.94. The Morgan fingerprint density at radius 3 is 3.05 bits per heavy atom. The van der Waals surface area contributed by atoms with Crippen molar-refractivity contribution in [2.24, 2.45) is 5.92 Å². The van der Waals surface area contributed by atoms with Crippen molar-refractivity contribution in [2.75, 3.05) is 18.8 Å². The zero-order chi connectivity index (χ0) is 14.5. The minimum atomic E-state index is -0.0266. The van der Waals surface area contributed by atoms with Crippen LogP contribution < -0.4 is 5.73 Å². The maximum atomic E-state index is 12.5. The number of nitrogens with two attached hydrogens (primary N) is 1. The maximum absolute atomic E-state index is 12.5. The number of nitrogen functional groups attached to an aromatic ring is 1. The quantitative estimate of drug-likeness (QED) is 0.930. The zero-order valence-corrected chi connectivity index (χ0v) is 12.7. The topological polar surface area (TPSA) is 59.2 Å². The van der Waals surface area contributed by atoms with Crippen molar-refractivity contribution in [3.8, 4) is 0 Å². The normalized spacial score (nSPS) is 19.7. The Kier molecular flexibility index (Phi) is 5.24. The molecule has 0 radical (unpaired) electrons. The number of pyridine rings is 1. The fourth-order valence-electron chi connectivity index (χ4n) is 2.85. The monoisotopic (exact) mass is 295 g/mol. The third kappa shape index (κ3) is 3.63. The SMILES string of the molecule is CCCC1CCCN(C(=O)c2cc(N)ncc2Cl)CC1. The molecule has 1 fully saturated rings. The summed E-state index contributed by atoms with van der Waals surface area (Å²) < 4.78 is 0. The van der Waals surface area contributed by atoms with Crippen LogP contribution in [0.15, 0.2) is 12.3 Å². The standard InChI is InChI=1S/C15H22ClN3O/c1-2-4-11-5-3-7-19(8-6-11)15(20)12-9-14(17)18-10-13(12)16/h9-11H,2-8H2,1H3,(H2,17,18). The zero-order valence-electron chi connectivity index (χ0n) is 11.9. The highest BCUT2D eigenvalue weighted by Gasteiger charge is 2.23. The number of carbonyl (C=O) groups excluding carboxylic acids is 1. The van der Waals surface area contributed by atoms with Gasteiger partial charge in [-0.05, 0) is 31.2 Å². The summed E-state index contributed by atoms with van der Waals surface area (Å²) in [6.45, 7) is 3.83. The van der Waals surface area contributed by atoms with Crippen LogP contribution in [0.4, 0.5) is 5.82 Å². The first-order valence-electron chi connectivity index (χ1n) is 7.32. The van der Waals surface area contributed by atoms with E-state index in [9.17, 15) is 4.79 Å². The number of likely N-dealkylation sites (tertiary alicyclic amines) is 1. The van der Waals surface area contributed by atoms with Gasteiger partial charge in [0, 0.05) is 19.3 Å². The second kappa shape index (κ2) is 6.93. The van der Waals surface area contributed by atoms with Gasteiger partial charge < -0.3 is 10.6 Å².